The zero-order chi connectivity index (χ0) is 16.6. The van der Waals surface area contributed by atoms with Gasteiger partial charge in [-0.05, 0) is 26.3 Å². The van der Waals surface area contributed by atoms with Crippen LogP contribution in [0.25, 0.3) is 21.3 Å². The smallest absolute Gasteiger partial charge is 0.260 e. The fourth-order valence-corrected chi connectivity index (χ4v) is 3.98. The molecule has 1 unspecified atom stereocenters. The van der Waals surface area contributed by atoms with Crippen molar-refractivity contribution in [2.75, 3.05) is 0 Å². The van der Waals surface area contributed by atoms with Crippen molar-refractivity contribution >= 4 is 39.1 Å². The van der Waals surface area contributed by atoms with Crippen molar-refractivity contribution in [2.45, 2.75) is 31.2 Å². The van der Waals surface area contributed by atoms with E-state index in [1.165, 1.54) is 35.6 Å². The summed E-state index contributed by atoms with van der Waals surface area (Å²) in [6.45, 7) is 5.38. The molecule has 3 rings (SSSR count). The zero-order valence-electron chi connectivity index (χ0n) is 13.0. The zero-order valence-corrected chi connectivity index (χ0v) is 14.7. The number of nitrogens with one attached hydrogen (secondary N) is 1. The number of thioether (sulfide) groups is 1. The highest BCUT2D eigenvalue weighted by molar-refractivity contribution is 8.00. The highest BCUT2D eigenvalue weighted by Gasteiger charge is 2.16. The molecule has 1 N–H and O–H groups in total. The molecule has 1 atom stereocenters. The molecule has 118 valence electrons. The molecule has 2 heterocycles. The number of carbonyl (C=O) groups is 1. The van der Waals surface area contributed by atoms with Gasteiger partial charge in [-0.3, -0.25) is 9.59 Å². The maximum atomic E-state index is 12.5. The van der Waals surface area contributed by atoms with E-state index in [1.807, 2.05) is 43.5 Å². The van der Waals surface area contributed by atoms with Crippen LogP contribution in [-0.4, -0.2) is 21.0 Å². The number of aromatic nitrogens is 2. The van der Waals surface area contributed by atoms with Gasteiger partial charge in [0, 0.05) is 10.9 Å². The van der Waals surface area contributed by atoms with E-state index in [4.69, 9.17) is 0 Å². The summed E-state index contributed by atoms with van der Waals surface area (Å²) in [4.78, 5) is 31.8. The van der Waals surface area contributed by atoms with Crippen LogP contribution in [0.3, 0.4) is 0 Å². The lowest BCUT2D eigenvalue weighted by Gasteiger charge is -2.06. The molecule has 0 saturated heterocycles. The number of thiophene rings is 1. The van der Waals surface area contributed by atoms with Gasteiger partial charge in [0.1, 0.15) is 10.6 Å². The van der Waals surface area contributed by atoms with Crippen molar-refractivity contribution < 1.29 is 4.79 Å². The Morgan fingerprint density at radius 2 is 2.00 bits per heavy atom. The first kappa shape index (κ1) is 16.0. The minimum Gasteiger partial charge on any atom is -0.301 e. The maximum absolute atomic E-state index is 12.5. The second-order valence-corrected chi connectivity index (χ2v) is 7.62. The lowest BCUT2D eigenvalue weighted by Crippen LogP contribution is -2.13. The first-order valence-corrected chi connectivity index (χ1v) is 8.97. The number of nitrogens with zero attached hydrogens (tertiary/aromatic N) is 1. The van der Waals surface area contributed by atoms with Crippen LogP contribution in [0.2, 0.25) is 0 Å². The molecular formula is C17H16N2O2S2. The van der Waals surface area contributed by atoms with E-state index in [-0.39, 0.29) is 16.6 Å². The normalized spacial score (nSPS) is 12.5. The summed E-state index contributed by atoms with van der Waals surface area (Å²) < 4.78 is 0. The average molecular weight is 344 g/mol. The average Bonchev–Trinajstić information content (AvgIpc) is 2.92. The number of carbonyl (C=O) groups excluding carboxylic acids is 1. The molecule has 0 spiro atoms. The Balaban J connectivity index is 2.06. The standard InChI is InChI=1S/C17H16N2O2S2/c1-9-4-6-12(7-5-9)13-8-22-16-14(13)15(21)18-17(19-16)23-11(3)10(2)20/h4-8,11H,1-3H3,(H,18,19,21). The predicted molar refractivity (Wildman–Crippen MR) is 96.4 cm³/mol. The Morgan fingerprint density at radius 1 is 1.30 bits per heavy atom. The Hall–Kier alpha value is -1.92. The van der Waals surface area contributed by atoms with Crippen molar-refractivity contribution in [1.29, 1.82) is 0 Å². The van der Waals surface area contributed by atoms with Gasteiger partial charge in [0.05, 0.1) is 10.6 Å². The molecule has 0 aliphatic heterocycles. The van der Waals surface area contributed by atoms with Gasteiger partial charge in [-0.15, -0.1) is 11.3 Å². The fraction of sp³-hybridized carbons (Fsp3) is 0.235. The summed E-state index contributed by atoms with van der Waals surface area (Å²) >= 11 is 2.73. The lowest BCUT2D eigenvalue weighted by atomic mass is 10.1. The van der Waals surface area contributed by atoms with Gasteiger partial charge in [0.25, 0.3) is 5.56 Å². The van der Waals surface area contributed by atoms with Crippen molar-refractivity contribution in [1.82, 2.24) is 9.97 Å². The molecule has 3 aromatic rings. The first-order valence-electron chi connectivity index (χ1n) is 7.21. The minimum atomic E-state index is -0.230. The molecule has 0 aliphatic carbocycles. The molecule has 4 nitrogen and oxygen atoms in total. The van der Waals surface area contributed by atoms with Crippen LogP contribution in [-0.2, 0) is 4.79 Å². The van der Waals surface area contributed by atoms with E-state index in [9.17, 15) is 9.59 Å². The van der Waals surface area contributed by atoms with Crippen LogP contribution >= 0.6 is 23.1 Å². The number of ketones is 1. The summed E-state index contributed by atoms with van der Waals surface area (Å²) in [7, 11) is 0. The molecule has 0 fully saturated rings. The van der Waals surface area contributed by atoms with Crippen LogP contribution in [0, 0.1) is 6.92 Å². The number of fused-ring (bicyclic) bond motifs is 1. The minimum absolute atomic E-state index is 0.0595. The number of aromatic amines is 1. The van der Waals surface area contributed by atoms with Crippen molar-refractivity contribution in [3.63, 3.8) is 0 Å². The quantitative estimate of drug-likeness (QED) is 0.573. The van der Waals surface area contributed by atoms with Gasteiger partial charge in [0.2, 0.25) is 0 Å². The lowest BCUT2D eigenvalue weighted by molar-refractivity contribution is -0.116. The second kappa shape index (κ2) is 6.29. The number of H-pyrrole nitrogens is 1. The Kier molecular flexibility index (Phi) is 4.37. The van der Waals surface area contributed by atoms with Crippen LogP contribution in [0.15, 0.2) is 39.6 Å². The molecule has 0 amide bonds. The molecule has 2 aromatic heterocycles. The number of hydrogen-bond donors (Lipinski definition) is 1. The van der Waals surface area contributed by atoms with E-state index in [1.54, 1.807) is 0 Å². The molecule has 0 bridgehead atoms. The van der Waals surface area contributed by atoms with Crippen LogP contribution < -0.4 is 5.56 Å². The van der Waals surface area contributed by atoms with Crippen LogP contribution in [0.5, 0.6) is 0 Å². The number of benzene rings is 1. The van der Waals surface area contributed by atoms with Gasteiger partial charge < -0.3 is 4.98 Å². The molecule has 23 heavy (non-hydrogen) atoms. The van der Waals surface area contributed by atoms with Crippen molar-refractivity contribution in [3.05, 3.63) is 45.6 Å². The number of hydrogen-bond acceptors (Lipinski definition) is 5. The summed E-state index contributed by atoms with van der Waals surface area (Å²) in [6.07, 6.45) is 0. The van der Waals surface area contributed by atoms with E-state index in [2.05, 4.69) is 9.97 Å². The van der Waals surface area contributed by atoms with Crippen molar-refractivity contribution in [3.8, 4) is 11.1 Å². The molecule has 0 radical (unpaired) electrons. The topological polar surface area (TPSA) is 62.8 Å². The van der Waals surface area contributed by atoms with Crippen LogP contribution in [0.4, 0.5) is 0 Å². The van der Waals surface area contributed by atoms with Gasteiger partial charge in [0.15, 0.2) is 5.16 Å². The van der Waals surface area contributed by atoms with Crippen molar-refractivity contribution in [2.24, 2.45) is 0 Å². The third-order valence-corrected chi connectivity index (χ3v) is 5.62. The maximum Gasteiger partial charge on any atom is 0.260 e. The van der Waals surface area contributed by atoms with Crippen LogP contribution in [0.1, 0.15) is 19.4 Å². The Labute approximate surface area is 142 Å². The first-order chi connectivity index (χ1) is 11.0. The molecule has 0 aliphatic rings. The largest absolute Gasteiger partial charge is 0.301 e. The summed E-state index contributed by atoms with van der Waals surface area (Å²) in [6, 6.07) is 8.08. The number of aryl methyl sites for hydroxylation is 1. The highest BCUT2D eigenvalue weighted by atomic mass is 32.2. The summed E-state index contributed by atoms with van der Waals surface area (Å²) in [5.41, 5.74) is 2.92. The summed E-state index contributed by atoms with van der Waals surface area (Å²) in [5.74, 6) is 0.0595. The number of Topliss-reactive ketones (excluding diaryl/α,β-unsaturated/α-hetero) is 1. The van der Waals surface area contributed by atoms with E-state index in [0.717, 1.165) is 11.1 Å². The monoisotopic (exact) mass is 344 g/mol. The highest BCUT2D eigenvalue weighted by Crippen LogP contribution is 2.32. The second-order valence-electron chi connectivity index (χ2n) is 5.44. The Bertz CT molecular complexity index is 926. The van der Waals surface area contributed by atoms with Gasteiger partial charge in [-0.25, -0.2) is 4.98 Å². The van der Waals surface area contributed by atoms with E-state index >= 15 is 0 Å². The van der Waals surface area contributed by atoms with E-state index < -0.39 is 0 Å². The Morgan fingerprint density at radius 3 is 2.65 bits per heavy atom. The molecule has 1 aromatic carbocycles. The number of rotatable bonds is 4. The van der Waals surface area contributed by atoms with Gasteiger partial charge >= 0.3 is 0 Å². The molecular weight excluding hydrogens is 328 g/mol. The third-order valence-electron chi connectivity index (χ3n) is 3.65. The third kappa shape index (κ3) is 3.23. The van der Waals surface area contributed by atoms with Gasteiger partial charge in [-0.2, -0.15) is 0 Å². The fourth-order valence-electron chi connectivity index (χ4n) is 2.18. The predicted octanol–water partition coefficient (Wildman–Crippen LogP) is 4.03. The molecule has 0 saturated carbocycles. The molecule has 6 heteroatoms. The van der Waals surface area contributed by atoms with E-state index in [0.29, 0.717) is 15.4 Å². The van der Waals surface area contributed by atoms with Gasteiger partial charge in [-0.1, -0.05) is 41.6 Å². The summed E-state index contributed by atoms with van der Waals surface area (Å²) in [5, 5.41) is 2.83. The SMILES string of the molecule is CC(=O)C(C)Sc1nc2scc(-c3ccc(C)cc3)c2c(=O)[nH]1.